The number of likely N-dealkylation sites (N-methyl/N-ethyl adjacent to an activating group) is 1. The second-order valence-corrected chi connectivity index (χ2v) is 12.4. The van der Waals surface area contributed by atoms with Gasteiger partial charge in [-0.3, -0.25) is 14.6 Å². The van der Waals surface area contributed by atoms with Crippen molar-refractivity contribution in [3.63, 3.8) is 0 Å². The van der Waals surface area contributed by atoms with Gasteiger partial charge in [-0.25, -0.2) is 22.8 Å². The molecule has 230 valence electrons. The molecule has 0 spiro atoms. The molecule has 0 saturated heterocycles. The maximum atomic E-state index is 14.2. The molecular weight excluding hydrogens is 599 g/mol. The molecule has 0 aliphatic rings. The number of nitrogens with zero attached hydrogens (tertiary/aromatic N) is 4. The van der Waals surface area contributed by atoms with Gasteiger partial charge in [-0.1, -0.05) is 25.4 Å². The highest BCUT2D eigenvalue weighted by Crippen LogP contribution is 2.28. The van der Waals surface area contributed by atoms with E-state index in [4.69, 9.17) is 27.1 Å². The Morgan fingerprint density at radius 1 is 1.16 bits per heavy atom. The Balaban J connectivity index is 1.43. The number of carbonyl (C=O) groups is 1. The number of halogens is 2. The second-order valence-electron chi connectivity index (χ2n) is 10.4. The topological polar surface area (TPSA) is 168 Å². The number of rotatable bonds is 13. The standard InChI is InChI=1S/C28H34ClFN8O4S/c1-16(2)24(31)28(39)42-14-13-38(4)12-11-32-26-23-17(3)35-36-27(23)34-25(33-26)18-5-8-20(9-6-18)37-43(40,41)22-15-19(29)7-10-21(22)30/h5-10,15-16,24,37H,11-14,31H2,1-4H3,(H2,32,33,34,35,36)/t24-/m0/s1. The number of hydrogen-bond acceptors (Lipinski definition) is 10. The van der Waals surface area contributed by atoms with E-state index in [0.29, 0.717) is 42.5 Å². The largest absolute Gasteiger partial charge is 0.463 e. The van der Waals surface area contributed by atoms with E-state index in [1.807, 2.05) is 32.7 Å². The van der Waals surface area contributed by atoms with Crippen LogP contribution in [0.4, 0.5) is 15.9 Å². The van der Waals surface area contributed by atoms with Gasteiger partial charge >= 0.3 is 5.97 Å². The minimum atomic E-state index is -4.21. The Hall–Kier alpha value is -3.85. The highest BCUT2D eigenvalue weighted by Gasteiger charge is 2.21. The molecule has 2 aromatic carbocycles. The molecule has 15 heteroatoms. The monoisotopic (exact) mass is 632 g/mol. The summed E-state index contributed by atoms with van der Waals surface area (Å²) in [5, 5.41) is 11.4. The van der Waals surface area contributed by atoms with Crippen molar-refractivity contribution in [3.8, 4) is 11.4 Å². The first-order valence-corrected chi connectivity index (χ1v) is 15.4. The van der Waals surface area contributed by atoms with Gasteiger partial charge in [0.1, 0.15) is 29.2 Å². The van der Waals surface area contributed by atoms with Crippen molar-refractivity contribution in [3.05, 3.63) is 59.0 Å². The summed E-state index contributed by atoms with van der Waals surface area (Å²) in [7, 11) is -2.29. The first kappa shape index (κ1) is 32.1. The average Bonchev–Trinajstić information content (AvgIpc) is 3.34. The Kier molecular flexibility index (Phi) is 10.2. The molecule has 0 fully saturated rings. The van der Waals surface area contributed by atoms with Gasteiger partial charge in [0, 0.05) is 35.9 Å². The lowest BCUT2D eigenvalue weighted by atomic mass is 10.1. The second kappa shape index (κ2) is 13.6. The third-order valence-electron chi connectivity index (χ3n) is 6.67. The molecular formula is C28H34ClFN8O4S. The lowest BCUT2D eigenvalue weighted by molar-refractivity contribution is -0.146. The minimum Gasteiger partial charge on any atom is -0.463 e. The van der Waals surface area contributed by atoms with Gasteiger partial charge in [0.15, 0.2) is 11.5 Å². The summed E-state index contributed by atoms with van der Waals surface area (Å²) in [6, 6.07) is 9.05. The van der Waals surface area contributed by atoms with E-state index in [9.17, 15) is 17.6 Å². The highest BCUT2D eigenvalue weighted by atomic mass is 35.5. The number of aryl methyl sites for hydroxylation is 1. The van der Waals surface area contributed by atoms with Gasteiger partial charge in [-0.05, 0) is 62.4 Å². The number of carbonyl (C=O) groups excluding carboxylic acids is 1. The van der Waals surface area contributed by atoms with Crippen molar-refractivity contribution in [2.24, 2.45) is 11.7 Å². The van der Waals surface area contributed by atoms with E-state index >= 15 is 0 Å². The number of nitrogens with two attached hydrogens (primary N) is 1. The van der Waals surface area contributed by atoms with Crippen LogP contribution in [0, 0.1) is 18.7 Å². The van der Waals surface area contributed by atoms with Gasteiger partial charge in [-0.15, -0.1) is 0 Å². The summed E-state index contributed by atoms with van der Waals surface area (Å²) in [6.45, 7) is 7.52. The van der Waals surface area contributed by atoms with Gasteiger partial charge in [0.05, 0.1) is 11.1 Å². The predicted molar refractivity (Wildman–Crippen MR) is 164 cm³/mol. The molecule has 0 unspecified atom stereocenters. The molecule has 2 heterocycles. The van der Waals surface area contributed by atoms with E-state index in [2.05, 4.69) is 25.2 Å². The van der Waals surface area contributed by atoms with Crippen LogP contribution in [0.3, 0.4) is 0 Å². The predicted octanol–water partition coefficient (Wildman–Crippen LogP) is 3.79. The quantitative estimate of drug-likeness (QED) is 0.159. The summed E-state index contributed by atoms with van der Waals surface area (Å²) >= 11 is 5.86. The van der Waals surface area contributed by atoms with Crippen LogP contribution >= 0.6 is 11.6 Å². The summed E-state index contributed by atoms with van der Waals surface area (Å²) < 4.78 is 47.2. The highest BCUT2D eigenvalue weighted by molar-refractivity contribution is 7.92. The van der Waals surface area contributed by atoms with Crippen LogP contribution in [0.15, 0.2) is 47.4 Å². The Labute approximate surface area is 254 Å². The van der Waals surface area contributed by atoms with Crippen LogP contribution in [0.1, 0.15) is 19.5 Å². The molecule has 43 heavy (non-hydrogen) atoms. The Bertz CT molecular complexity index is 1700. The molecule has 4 rings (SSSR count). The number of anilines is 2. The Morgan fingerprint density at radius 2 is 1.88 bits per heavy atom. The van der Waals surface area contributed by atoms with Gasteiger partial charge in [0.25, 0.3) is 10.0 Å². The normalized spacial score (nSPS) is 12.6. The van der Waals surface area contributed by atoms with Crippen molar-refractivity contribution < 1.29 is 22.3 Å². The average molecular weight is 633 g/mol. The SMILES string of the molecule is Cc1n[nH]c2nc(-c3ccc(NS(=O)(=O)c4cc(Cl)ccc4F)cc3)nc(NCCN(C)CCOC(=O)[C@@H](N)C(C)C)c12. The van der Waals surface area contributed by atoms with Crippen LogP contribution in [0.2, 0.25) is 5.02 Å². The zero-order chi connectivity index (χ0) is 31.3. The lowest BCUT2D eigenvalue weighted by Gasteiger charge is -2.19. The summed E-state index contributed by atoms with van der Waals surface area (Å²) in [6.07, 6.45) is 0. The molecule has 2 aromatic heterocycles. The number of aromatic amines is 1. The van der Waals surface area contributed by atoms with Crippen LogP contribution in [0.5, 0.6) is 0 Å². The number of sulfonamides is 1. The smallest absolute Gasteiger partial charge is 0.323 e. The van der Waals surface area contributed by atoms with Crippen LogP contribution in [0.25, 0.3) is 22.4 Å². The number of ether oxygens (including phenoxy) is 1. The van der Waals surface area contributed by atoms with Crippen LogP contribution in [-0.4, -0.2) is 78.8 Å². The third-order valence-corrected chi connectivity index (χ3v) is 8.30. The minimum absolute atomic E-state index is 0.00629. The van der Waals surface area contributed by atoms with E-state index in [1.54, 1.807) is 12.1 Å². The molecule has 1 atom stereocenters. The van der Waals surface area contributed by atoms with Crippen molar-refractivity contribution in [1.29, 1.82) is 0 Å². The molecule has 0 saturated carbocycles. The molecule has 5 N–H and O–H groups in total. The molecule has 0 radical (unpaired) electrons. The van der Waals surface area contributed by atoms with Crippen LogP contribution < -0.4 is 15.8 Å². The van der Waals surface area contributed by atoms with E-state index in [1.165, 1.54) is 18.2 Å². The molecule has 0 aliphatic heterocycles. The summed E-state index contributed by atoms with van der Waals surface area (Å²) in [4.78, 5) is 22.7. The van der Waals surface area contributed by atoms with Crippen molar-refractivity contribution in [2.75, 3.05) is 43.3 Å². The number of benzene rings is 2. The number of fused-ring (bicyclic) bond motifs is 1. The zero-order valence-electron chi connectivity index (χ0n) is 24.2. The summed E-state index contributed by atoms with van der Waals surface area (Å²) in [5.41, 5.74) is 7.93. The molecule has 4 aromatic rings. The van der Waals surface area contributed by atoms with E-state index in [-0.39, 0.29) is 23.2 Å². The number of aromatic nitrogens is 4. The molecule has 12 nitrogen and oxygen atoms in total. The number of esters is 1. The van der Waals surface area contributed by atoms with E-state index < -0.39 is 32.7 Å². The third kappa shape index (κ3) is 7.96. The zero-order valence-corrected chi connectivity index (χ0v) is 25.8. The van der Waals surface area contributed by atoms with Gasteiger partial charge in [0.2, 0.25) is 0 Å². The maximum Gasteiger partial charge on any atom is 0.323 e. The number of H-pyrrole nitrogens is 1. The van der Waals surface area contributed by atoms with E-state index in [0.717, 1.165) is 23.2 Å². The number of hydrogen-bond donors (Lipinski definition) is 4. The maximum absolute atomic E-state index is 14.2. The first-order valence-electron chi connectivity index (χ1n) is 13.5. The fraction of sp³-hybridized carbons (Fsp3) is 0.357. The van der Waals surface area contributed by atoms with Crippen molar-refractivity contribution in [2.45, 2.75) is 31.7 Å². The van der Waals surface area contributed by atoms with Gasteiger partial charge < -0.3 is 20.7 Å². The summed E-state index contributed by atoms with van der Waals surface area (Å²) in [5.74, 6) is -0.350. The molecule has 0 amide bonds. The number of nitrogens with one attached hydrogen (secondary N) is 3. The molecule has 0 bridgehead atoms. The molecule has 0 aliphatic carbocycles. The van der Waals surface area contributed by atoms with Gasteiger partial charge in [-0.2, -0.15) is 5.10 Å². The van der Waals surface area contributed by atoms with Crippen molar-refractivity contribution in [1.82, 2.24) is 25.1 Å². The fourth-order valence-electron chi connectivity index (χ4n) is 4.06. The first-order chi connectivity index (χ1) is 20.4. The van der Waals surface area contributed by atoms with Crippen LogP contribution in [-0.2, 0) is 19.6 Å². The van der Waals surface area contributed by atoms with Crippen molar-refractivity contribution >= 4 is 50.1 Å². The Morgan fingerprint density at radius 3 is 2.58 bits per heavy atom. The fourth-order valence-corrected chi connectivity index (χ4v) is 5.46. The lowest BCUT2D eigenvalue weighted by Crippen LogP contribution is -2.38.